The fourth-order valence-electron chi connectivity index (χ4n) is 2.64. The van der Waals surface area contributed by atoms with Crippen LogP contribution in [0.4, 0.5) is 0 Å². The summed E-state index contributed by atoms with van der Waals surface area (Å²) in [5.41, 5.74) is 9.82. The molecule has 1 saturated heterocycles. The fourth-order valence-corrected chi connectivity index (χ4v) is 2.64. The van der Waals surface area contributed by atoms with Crippen LogP contribution in [0.3, 0.4) is 0 Å². The molecule has 1 aromatic rings. The summed E-state index contributed by atoms with van der Waals surface area (Å²) in [5.74, 6) is -0.732. The van der Waals surface area contributed by atoms with Gasteiger partial charge in [0, 0.05) is 4.91 Å². The molecule has 1 aliphatic heterocycles. The highest BCUT2D eigenvalue weighted by Crippen LogP contribution is 2.33. The van der Waals surface area contributed by atoms with Crippen molar-refractivity contribution in [3.63, 3.8) is 0 Å². The Bertz CT molecular complexity index is 500. The number of aliphatic hydroxyl groups excluding tert-OH is 1. The monoisotopic (exact) mass is 291 g/mol. The van der Waals surface area contributed by atoms with E-state index in [9.17, 15) is 5.11 Å². The predicted molar refractivity (Wildman–Crippen MR) is 78.6 cm³/mol. The van der Waals surface area contributed by atoms with Crippen molar-refractivity contribution >= 4 is 0 Å². The molecule has 1 aromatic carbocycles. The number of benzene rings is 1. The number of aryl methyl sites for hydroxylation is 1. The lowest BCUT2D eigenvalue weighted by atomic mass is 10.00. The van der Waals surface area contributed by atoms with E-state index in [2.05, 4.69) is 22.2 Å². The van der Waals surface area contributed by atoms with Crippen LogP contribution in [0.1, 0.15) is 25.8 Å². The Morgan fingerprint density at radius 3 is 2.67 bits per heavy atom. The molecule has 3 atom stereocenters. The second-order valence-electron chi connectivity index (χ2n) is 5.62. The minimum atomic E-state index is -0.732. The lowest BCUT2D eigenvalue weighted by Crippen LogP contribution is -2.36. The molecule has 6 nitrogen and oxygen atoms in total. The van der Waals surface area contributed by atoms with Crippen molar-refractivity contribution in [1.29, 1.82) is 0 Å². The van der Waals surface area contributed by atoms with Crippen LogP contribution in [0.25, 0.3) is 10.4 Å². The van der Waals surface area contributed by atoms with E-state index in [0.29, 0.717) is 0 Å². The standard InChI is InChI=1S/C15H21N3O3/c1-15(2)20-13(9-8-11-6-4-3-5-7-11)14(21-15)12(10-19)17-18-16/h3-7,12-14,19H,8-10H2,1-2H3/t12-,13+,14-/m0/s1. The molecule has 0 unspecified atom stereocenters. The average molecular weight is 291 g/mol. The largest absolute Gasteiger partial charge is 0.396 e. The molecule has 0 aromatic heterocycles. The third-order valence-electron chi connectivity index (χ3n) is 3.55. The summed E-state index contributed by atoms with van der Waals surface area (Å²) in [4.78, 5) is 2.78. The van der Waals surface area contributed by atoms with E-state index in [1.807, 2.05) is 32.0 Å². The van der Waals surface area contributed by atoms with Gasteiger partial charge in [-0.15, -0.1) is 0 Å². The van der Waals surface area contributed by atoms with Gasteiger partial charge in [-0.25, -0.2) is 0 Å². The molecule has 1 fully saturated rings. The van der Waals surface area contributed by atoms with Gasteiger partial charge in [0.2, 0.25) is 0 Å². The van der Waals surface area contributed by atoms with E-state index in [-0.39, 0.29) is 12.7 Å². The van der Waals surface area contributed by atoms with Gasteiger partial charge in [0.1, 0.15) is 0 Å². The highest BCUT2D eigenvalue weighted by atomic mass is 16.8. The molecule has 0 bridgehead atoms. The van der Waals surface area contributed by atoms with Crippen LogP contribution in [0.15, 0.2) is 35.4 Å². The van der Waals surface area contributed by atoms with Gasteiger partial charge in [0.05, 0.1) is 24.9 Å². The molecule has 21 heavy (non-hydrogen) atoms. The maximum atomic E-state index is 9.39. The molecule has 0 spiro atoms. The number of ether oxygens (including phenoxy) is 2. The quantitative estimate of drug-likeness (QED) is 0.496. The zero-order valence-electron chi connectivity index (χ0n) is 12.3. The van der Waals surface area contributed by atoms with Crippen LogP contribution in [0.2, 0.25) is 0 Å². The minimum absolute atomic E-state index is 0.206. The Morgan fingerprint density at radius 2 is 2.05 bits per heavy atom. The number of rotatable bonds is 6. The summed E-state index contributed by atoms with van der Waals surface area (Å²) in [6.45, 7) is 3.40. The smallest absolute Gasteiger partial charge is 0.163 e. The van der Waals surface area contributed by atoms with E-state index in [1.165, 1.54) is 5.56 Å². The first-order valence-electron chi connectivity index (χ1n) is 7.10. The van der Waals surface area contributed by atoms with Crippen molar-refractivity contribution in [2.75, 3.05) is 6.61 Å². The Balaban J connectivity index is 2.05. The van der Waals surface area contributed by atoms with Gasteiger partial charge in [-0.1, -0.05) is 35.4 Å². The van der Waals surface area contributed by atoms with Gasteiger partial charge in [-0.05, 0) is 37.8 Å². The van der Waals surface area contributed by atoms with Crippen molar-refractivity contribution in [2.24, 2.45) is 5.11 Å². The SMILES string of the molecule is CC1(C)O[C@@H]([C@H](CO)N=[N+]=[N-])[C@@H](CCc2ccccc2)O1. The molecule has 1 N–H and O–H groups in total. The van der Waals surface area contributed by atoms with Crippen molar-refractivity contribution in [1.82, 2.24) is 0 Å². The Hall–Kier alpha value is -1.59. The molecule has 2 rings (SSSR count). The van der Waals surface area contributed by atoms with Gasteiger partial charge in [-0.2, -0.15) is 0 Å². The molecule has 0 aliphatic carbocycles. The first-order chi connectivity index (χ1) is 10.1. The highest BCUT2D eigenvalue weighted by molar-refractivity contribution is 5.15. The van der Waals surface area contributed by atoms with Crippen LogP contribution in [0.5, 0.6) is 0 Å². The lowest BCUT2D eigenvalue weighted by molar-refractivity contribution is -0.148. The van der Waals surface area contributed by atoms with Crippen molar-refractivity contribution in [2.45, 2.75) is 50.7 Å². The number of aliphatic hydroxyl groups is 1. The number of azide groups is 1. The Kier molecular flexibility index (Phi) is 5.20. The van der Waals surface area contributed by atoms with Gasteiger partial charge < -0.3 is 14.6 Å². The maximum absolute atomic E-state index is 9.39. The molecule has 0 radical (unpaired) electrons. The van der Waals surface area contributed by atoms with Crippen molar-refractivity contribution < 1.29 is 14.6 Å². The normalized spacial score (nSPS) is 25.3. The molecule has 114 valence electrons. The van der Waals surface area contributed by atoms with Crippen LogP contribution < -0.4 is 0 Å². The summed E-state index contributed by atoms with van der Waals surface area (Å²) < 4.78 is 11.7. The molecule has 6 heteroatoms. The predicted octanol–water partition coefficient (Wildman–Crippen LogP) is 2.81. The first kappa shape index (κ1) is 15.8. The zero-order valence-corrected chi connectivity index (χ0v) is 12.3. The third kappa shape index (κ3) is 4.19. The number of nitrogens with zero attached hydrogens (tertiary/aromatic N) is 3. The van der Waals surface area contributed by atoms with Crippen LogP contribution in [0, 0.1) is 0 Å². The van der Waals surface area contributed by atoms with E-state index in [4.69, 9.17) is 15.0 Å². The first-order valence-corrected chi connectivity index (χ1v) is 7.10. The summed E-state index contributed by atoms with van der Waals surface area (Å²) >= 11 is 0. The summed E-state index contributed by atoms with van der Waals surface area (Å²) in [6, 6.07) is 9.48. The summed E-state index contributed by atoms with van der Waals surface area (Å²) in [6.07, 6.45) is 0.957. The zero-order chi connectivity index (χ0) is 15.3. The van der Waals surface area contributed by atoms with Gasteiger partial charge in [0.25, 0.3) is 0 Å². The van der Waals surface area contributed by atoms with E-state index in [0.717, 1.165) is 12.8 Å². The topological polar surface area (TPSA) is 87.5 Å². The second-order valence-corrected chi connectivity index (χ2v) is 5.62. The van der Waals surface area contributed by atoms with E-state index >= 15 is 0 Å². The van der Waals surface area contributed by atoms with Gasteiger partial charge >= 0.3 is 0 Å². The summed E-state index contributed by atoms with van der Waals surface area (Å²) in [5, 5.41) is 13.0. The molecule has 1 aliphatic rings. The molecular formula is C15H21N3O3. The minimum Gasteiger partial charge on any atom is -0.396 e. The van der Waals surface area contributed by atoms with Gasteiger partial charge in [-0.3, -0.25) is 0 Å². The highest BCUT2D eigenvalue weighted by Gasteiger charge is 2.44. The Labute approximate surface area is 124 Å². The molecule has 0 amide bonds. The van der Waals surface area contributed by atoms with Crippen LogP contribution in [-0.4, -0.2) is 35.8 Å². The maximum Gasteiger partial charge on any atom is 0.163 e. The van der Waals surface area contributed by atoms with Crippen LogP contribution in [-0.2, 0) is 15.9 Å². The summed E-state index contributed by atoms with van der Waals surface area (Å²) in [7, 11) is 0. The second kappa shape index (κ2) is 6.91. The fraction of sp³-hybridized carbons (Fsp3) is 0.600. The van der Waals surface area contributed by atoms with Gasteiger partial charge in [0.15, 0.2) is 5.79 Å². The average Bonchev–Trinajstić information content (AvgIpc) is 2.78. The van der Waals surface area contributed by atoms with Crippen LogP contribution >= 0.6 is 0 Å². The third-order valence-corrected chi connectivity index (χ3v) is 3.55. The Morgan fingerprint density at radius 1 is 1.33 bits per heavy atom. The van der Waals surface area contributed by atoms with E-state index in [1.54, 1.807) is 0 Å². The molecular weight excluding hydrogens is 270 g/mol. The number of hydrogen-bond donors (Lipinski definition) is 1. The molecule has 0 saturated carbocycles. The van der Waals surface area contributed by atoms with E-state index < -0.39 is 17.9 Å². The number of hydrogen-bond acceptors (Lipinski definition) is 4. The molecule has 1 heterocycles. The van der Waals surface area contributed by atoms with Crippen molar-refractivity contribution in [3.8, 4) is 0 Å². The van der Waals surface area contributed by atoms with Crippen molar-refractivity contribution in [3.05, 3.63) is 46.3 Å². The lowest BCUT2D eigenvalue weighted by Gasteiger charge is -2.21.